The van der Waals surface area contributed by atoms with Gasteiger partial charge in [0.15, 0.2) is 5.78 Å². The number of ether oxygens (including phenoxy) is 9. The summed E-state index contributed by atoms with van der Waals surface area (Å²) >= 11 is 1.52. The molecule has 0 N–H and O–H groups in total. The smallest absolute Gasteiger partial charge is 0.330 e. The quantitative estimate of drug-likeness (QED) is 0.00902. The lowest BCUT2D eigenvalue weighted by molar-refractivity contribution is -0.141. The maximum absolute atomic E-state index is 13.3. The van der Waals surface area contributed by atoms with E-state index < -0.39 is 11.9 Å². The number of hydrazone groups is 1. The molecule has 2 saturated carbocycles. The summed E-state index contributed by atoms with van der Waals surface area (Å²) in [7, 11) is 0. The van der Waals surface area contributed by atoms with Crippen molar-refractivity contribution in [3.05, 3.63) is 135 Å². The molecule has 17 nitrogen and oxygen atoms in total. The molecule has 0 saturated heterocycles. The van der Waals surface area contributed by atoms with Gasteiger partial charge in [-0.25, -0.2) is 19.6 Å². The highest BCUT2D eigenvalue weighted by atomic mass is 32.1. The molecule has 2 fully saturated rings. The van der Waals surface area contributed by atoms with Gasteiger partial charge in [-0.2, -0.15) is 5.10 Å². The highest BCUT2D eigenvalue weighted by molar-refractivity contribution is 7.22. The second kappa shape index (κ2) is 36.1. The van der Waals surface area contributed by atoms with Crippen LogP contribution in [0.1, 0.15) is 115 Å². The number of esters is 4. The average molecular weight is 1180 g/mol. The zero-order valence-corrected chi connectivity index (χ0v) is 49.6. The van der Waals surface area contributed by atoms with Crippen LogP contribution in [0, 0.1) is 23.7 Å². The fourth-order valence-electron chi connectivity index (χ4n) is 9.80. The third-order valence-corrected chi connectivity index (χ3v) is 15.9. The van der Waals surface area contributed by atoms with Crippen molar-refractivity contribution in [2.75, 3.05) is 64.4 Å². The second-order valence-electron chi connectivity index (χ2n) is 21.2. The Balaban J connectivity index is 0.897. The lowest BCUT2D eigenvalue weighted by Crippen LogP contribution is -2.28. The molecule has 0 atom stereocenters. The number of carbonyl (C=O) groups is 5. The number of allylic oxidation sites excluding steroid dienone is 1. The molecule has 85 heavy (non-hydrogen) atoms. The number of hydrogen-bond donors (Lipinski definition) is 0. The number of hydrogen-bond acceptors (Lipinski definition) is 18. The van der Waals surface area contributed by atoms with Crippen LogP contribution >= 0.6 is 11.3 Å². The van der Waals surface area contributed by atoms with Crippen LogP contribution in [0.3, 0.4) is 0 Å². The molecule has 7 rings (SSSR count). The molecule has 0 spiro atoms. The van der Waals surface area contributed by atoms with Gasteiger partial charge >= 0.3 is 23.9 Å². The summed E-state index contributed by atoms with van der Waals surface area (Å²) in [4.78, 5) is 65.7. The van der Waals surface area contributed by atoms with Crippen molar-refractivity contribution in [3.8, 4) is 34.5 Å². The molecule has 2 aliphatic carbocycles. The first-order valence-electron chi connectivity index (χ1n) is 29.8. The number of para-hydroxylation sites is 1. The van der Waals surface area contributed by atoms with Crippen LogP contribution in [-0.4, -0.2) is 100 Å². The molecule has 454 valence electrons. The molecule has 4 aromatic carbocycles. The Morgan fingerprint density at radius 1 is 0.541 bits per heavy atom. The van der Waals surface area contributed by atoms with Crippen molar-refractivity contribution >= 4 is 62.6 Å². The molecular formula is C67H81N3O14S. The minimum Gasteiger partial charge on any atom is -0.494 e. The number of rotatable bonds is 38. The fraction of sp³-hybridized carbons (Fsp3) is 0.448. The van der Waals surface area contributed by atoms with E-state index in [2.05, 4.69) is 19.7 Å². The van der Waals surface area contributed by atoms with Crippen molar-refractivity contribution in [3.63, 3.8) is 0 Å². The van der Waals surface area contributed by atoms with E-state index in [1.165, 1.54) is 29.6 Å². The molecule has 18 heteroatoms. The normalized spacial score (nSPS) is 16.6. The zero-order chi connectivity index (χ0) is 59.9. The molecule has 0 aliphatic heterocycles. The molecule has 1 aromatic heterocycles. The van der Waals surface area contributed by atoms with Gasteiger partial charge in [0.25, 0.3) is 0 Å². The van der Waals surface area contributed by atoms with Crippen molar-refractivity contribution in [2.24, 2.45) is 28.8 Å². The Hall–Kier alpha value is -7.83. The van der Waals surface area contributed by atoms with Crippen molar-refractivity contribution in [1.82, 2.24) is 4.98 Å². The van der Waals surface area contributed by atoms with Crippen LogP contribution in [0.4, 0.5) is 5.13 Å². The Morgan fingerprint density at radius 2 is 1.05 bits per heavy atom. The van der Waals surface area contributed by atoms with Gasteiger partial charge in [-0.05, 0) is 200 Å². The number of unbranched alkanes of at least 4 members (excludes halogenated alkanes) is 6. The summed E-state index contributed by atoms with van der Waals surface area (Å²) in [5, 5.41) is 7.46. The predicted molar refractivity (Wildman–Crippen MR) is 328 cm³/mol. The number of aromatic nitrogens is 1. The van der Waals surface area contributed by atoms with Crippen molar-refractivity contribution in [2.45, 2.75) is 109 Å². The van der Waals surface area contributed by atoms with E-state index in [0.29, 0.717) is 124 Å². The van der Waals surface area contributed by atoms with Gasteiger partial charge in [-0.3, -0.25) is 14.4 Å². The van der Waals surface area contributed by atoms with Crippen LogP contribution in [0.5, 0.6) is 34.5 Å². The summed E-state index contributed by atoms with van der Waals surface area (Å²) < 4.78 is 53.3. The Kier molecular flexibility index (Phi) is 27.5. The predicted octanol–water partition coefficient (Wildman–Crippen LogP) is 13.2. The summed E-state index contributed by atoms with van der Waals surface area (Å²) in [6, 6.07) is 27.9. The number of ketones is 1. The Morgan fingerprint density at radius 3 is 1.58 bits per heavy atom. The van der Waals surface area contributed by atoms with Gasteiger partial charge < -0.3 is 42.6 Å². The first kappa shape index (κ1) is 64.7. The van der Waals surface area contributed by atoms with Crippen molar-refractivity contribution < 1.29 is 66.6 Å². The first-order valence-corrected chi connectivity index (χ1v) is 30.6. The lowest BCUT2D eigenvalue weighted by Gasteiger charge is -2.28. The van der Waals surface area contributed by atoms with E-state index in [1.54, 1.807) is 35.5 Å². The van der Waals surface area contributed by atoms with Crippen LogP contribution in [0.15, 0.2) is 134 Å². The van der Waals surface area contributed by atoms with E-state index in [-0.39, 0.29) is 54.4 Å². The summed E-state index contributed by atoms with van der Waals surface area (Å²) in [5.41, 5.74) is 1.56. The van der Waals surface area contributed by atoms with Crippen LogP contribution < -0.4 is 33.4 Å². The average Bonchev–Trinajstić information content (AvgIpc) is 4.25. The standard InChI is InChI=1S/C67H81N3O14S/c1-4-54(71)37-43-76-44-38-70(67-69-60-17-11-12-18-62(60)85-67)68-46-53-45-59(81-47-49-19-23-51(24-20-49)65(74)83-57-31-27-55(28-32-57)77-39-13-7-9-15-41-79-63(72)5-2)35-36-61(53)82-48-50-21-25-52(26-22-50)66(75)84-58-33-29-56(30-34-58)78-40-14-8-10-16-42-80-64(73)6-3/h4-6,11-12,17-18,27-36,45-46,49-52H,1-3,7-10,13-16,19-26,37-44,47-48H2/b68-46+. The zero-order valence-electron chi connectivity index (χ0n) is 48.8. The van der Waals surface area contributed by atoms with E-state index in [0.717, 1.165) is 87.3 Å². The SMILES string of the molecule is C=CC(=O)CCOCCN(/N=C/c1cc(OCC2CCC(C(=O)Oc3ccc(OCCCCCCOC(=O)C=C)cc3)CC2)ccc1OCC1CCC(C(=O)Oc2ccc(OCCCCCCOC(=O)C=C)cc2)CC1)c1nc2ccccc2s1. The largest absolute Gasteiger partial charge is 0.494 e. The second-order valence-corrected chi connectivity index (χ2v) is 22.2. The molecule has 0 radical (unpaired) electrons. The number of benzene rings is 4. The summed E-state index contributed by atoms with van der Waals surface area (Å²) in [6.45, 7) is 14.1. The van der Waals surface area contributed by atoms with E-state index in [4.69, 9.17) is 52.7 Å². The highest BCUT2D eigenvalue weighted by Crippen LogP contribution is 2.35. The number of thiazole rings is 1. The minimum atomic E-state index is -0.402. The maximum Gasteiger partial charge on any atom is 0.330 e. The molecule has 1 heterocycles. The van der Waals surface area contributed by atoms with Crippen LogP contribution in [0.25, 0.3) is 10.2 Å². The Labute approximate surface area is 503 Å². The van der Waals surface area contributed by atoms with E-state index >= 15 is 0 Å². The summed E-state index contributed by atoms with van der Waals surface area (Å²) in [5.74, 6) is 2.34. The number of nitrogens with zero attached hydrogens (tertiary/aromatic N) is 3. The molecule has 0 bridgehead atoms. The third-order valence-electron chi connectivity index (χ3n) is 14.8. The van der Waals surface area contributed by atoms with E-state index in [9.17, 15) is 24.0 Å². The van der Waals surface area contributed by atoms with Gasteiger partial charge in [0.05, 0.1) is 87.7 Å². The topological polar surface area (TPSA) is 197 Å². The maximum atomic E-state index is 13.3. The number of anilines is 1. The number of carbonyl (C=O) groups excluding carboxylic acids is 5. The van der Waals surface area contributed by atoms with Crippen LogP contribution in [-0.2, 0) is 38.2 Å². The lowest BCUT2D eigenvalue weighted by atomic mass is 9.82. The monoisotopic (exact) mass is 1180 g/mol. The molecule has 0 unspecified atom stereocenters. The van der Waals surface area contributed by atoms with Crippen molar-refractivity contribution in [1.29, 1.82) is 0 Å². The summed E-state index contributed by atoms with van der Waals surface area (Å²) in [6.07, 6.45) is 18.7. The first-order chi connectivity index (χ1) is 41.5. The molecular weight excluding hydrogens is 1100 g/mol. The number of fused-ring (bicyclic) bond motifs is 1. The Bertz CT molecular complexity index is 2910. The molecule has 5 aromatic rings. The van der Waals surface area contributed by atoms with Gasteiger partial charge in [0.1, 0.15) is 34.5 Å². The van der Waals surface area contributed by atoms with Crippen LogP contribution in [0.2, 0.25) is 0 Å². The van der Waals surface area contributed by atoms with E-state index in [1.807, 2.05) is 66.7 Å². The minimum absolute atomic E-state index is 0.0827. The highest BCUT2D eigenvalue weighted by Gasteiger charge is 2.30. The fourth-order valence-corrected chi connectivity index (χ4v) is 10.7. The molecule has 2 aliphatic rings. The molecule has 0 amide bonds. The third kappa shape index (κ3) is 22.9. The van der Waals surface area contributed by atoms with Gasteiger partial charge in [-0.15, -0.1) is 0 Å². The van der Waals surface area contributed by atoms with Gasteiger partial charge in [0, 0.05) is 24.1 Å². The van der Waals surface area contributed by atoms with Gasteiger partial charge in [0.2, 0.25) is 5.13 Å². The van der Waals surface area contributed by atoms with Gasteiger partial charge in [-0.1, -0.05) is 43.2 Å².